The Balaban J connectivity index is 1.57. The minimum Gasteiger partial charge on any atom is -0.451 e. The summed E-state index contributed by atoms with van der Waals surface area (Å²) in [4.78, 5) is 15.9. The van der Waals surface area contributed by atoms with E-state index in [4.69, 9.17) is 14.2 Å². The fourth-order valence-corrected chi connectivity index (χ4v) is 9.93. The van der Waals surface area contributed by atoms with Crippen LogP contribution in [0.2, 0.25) is 0 Å². The van der Waals surface area contributed by atoms with E-state index < -0.39 is 93.5 Å². The lowest BCUT2D eigenvalue weighted by atomic mass is 9.52. The summed E-state index contributed by atoms with van der Waals surface area (Å²) in [6.45, 7) is 5.00. The van der Waals surface area contributed by atoms with Gasteiger partial charge in [-0.3, -0.25) is 0 Å². The highest BCUT2D eigenvalue weighted by Gasteiger charge is 3.12. The normalized spacial score (nSPS) is 62.1. The van der Waals surface area contributed by atoms with Crippen molar-refractivity contribution in [2.45, 2.75) is 98.2 Å². The van der Waals surface area contributed by atoms with Gasteiger partial charge >= 0.3 is 5.97 Å². The summed E-state index contributed by atoms with van der Waals surface area (Å²) >= 11 is 0. The number of hydrogen-bond donors (Lipinski definition) is 8. The first kappa shape index (κ1) is 24.4. The lowest BCUT2D eigenvalue weighted by Gasteiger charge is -2.60. The van der Waals surface area contributed by atoms with Crippen molar-refractivity contribution >= 4 is 5.97 Å². The minimum absolute atomic E-state index is 0.00436. The second kappa shape index (κ2) is 5.93. The van der Waals surface area contributed by atoms with Gasteiger partial charge < -0.3 is 54.9 Å². The molecule has 4 heterocycles. The fourth-order valence-electron chi connectivity index (χ4n) is 9.93. The van der Waals surface area contributed by atoms with E-state index in [-0.39, 0.29) is 12.1 Å². The van der Waals surface area contributed by atoms with Crippen molar-refractivity contribution < 1.29 is 54.8 Å². The van der Waals surface area contributed by atoms with Crippen LogP contribution < -0.4 is 0 Å². The minimum atomic E-state index is -2.82. The summed E-state index contributed by atoms with van der Waals surface area (Å²) < 4.78 is 17.7. The van der Waals surface area contributed by atoms with Crippen LogP contribution in [0, 0.1) is 16.7 Å². The van der Waals surface area contributed by atoms with Crippen molar-refractivity contribution in [2.24, 2.45) is 16.7 Å². The van der Waals surface area contributed by atoms with Crippen LogP contribution in [0.5, 0.6) is 0 Å². The Morgan fingerprint density at radius 1 is 1.22 bits per heavy atom. The van der Waals surface area contributed by atoms with Gasteiger partial charge in [0.1, 0.15) is 39.8 Å². The molecule has 1 spiro atoms. The molecule has 3 saturated heterocycles. The molecule has 12 heteroatoms. The molecule has 204 valence electrons. The van der Waals surface area contributed by atoms with E-state index in [1.807, 2.05) is 0 Å². The third-order valence-electron chi connectivity index (χ3n) is 11.8. The predicted molar refractivity (Wildman–Crippen MR) is 120 cm³/mol. The van der Waals surface area contributed by atoms with Gasteiger partial charge in [-0.2, -0.15) is 0 Å². The number of aromatic nitrogens is 1. The van der Waals surface area contributed by atoms with Crippen LogP contribution in [0.1, 0.15) is 51.0 Å². The number of nitrogens with one attached hydrogen (secondary N) is 1. The molecule has 0 radical (unpaired) electrons. The molecule has 8 rings (SSSR count). The van der Waals surface area contributed by atoms with Crippen molar-refractivity contribution in [3.05, 3.63) is 24.0 Å². The fraction of sp³-hybridized carbons (Fsp3) is 0.800. The molecule has 1 aromatic rings. The number of fused-ring (bicyclic) bond motifs is 1. The third-order valence-corrected chi connectivity index (χ3v) is 11.8. The van der Waals surface area contributed by atoms with Gasteiger partial charge in [-0.15, -0.1) is 0 Å². The lowest BCUT2D eigenvalue weighted by molar-refractivity contribution is -0.392. The van der Waals surface area contributed by atoms with Crippen LogP contribution in [0.3, 0.4) is 0 Å². The molecule has 12 atom stereocenters. The van der Waals surface area contributed by atoms with Gasteiger partial charge in [-0.1, -0.05) is 13.8 Å². The van der Waals surface area contributed by atoms with Gasteiger partial charge in [0.05, 0.1) is 23.5 Å². The quantitative estimate of drug-likeness (QED) is 0.159. The molecule has 12 nitrogen and oxygen atoms in total. The second-order valence-electron chi connectivity index (χ2n) is 12.7. The standard InChI is InChI=1S/C25H33NO11/c1-11(2)22(32)16(35-14(28)12-6-5-7-26-12)23(33)19(10-27)9-21(31)18(22,4)25(23,34)24(37-21)15(29)17(3)13(36-17)8-20(19,24)30/h5-7,11,13,15-16,26-27,29-34H,8-10H2,1-4H3/t13-,15+,16-,17-,18+,19-,20+,21+,22-,23+,24-,25-/m1/s1. The number of carbonyl (C=O) groups is 1. The summed E-state index contributed by atoms with van der Waals surface area (Å²) in [6, 6.07) is 2.97. The summed E-state index contributed by atoms with van der Waals surface area (Å²) in [7, 11) is 0. The van der Waals surface area contributed by atoms with E-state index in [0.29, 0.717) is 0 Å². The molecule has 1 aromatic heterocycles. The smallest absolute Gasteiger partial charge is 0.355 e. The molecule has 4 saturated carbocycles. The average Bonchev–Trinajstić information content (AvgIpc) is 3.14. The molecule has 37 heavy (non-hydrogen) atoms. The predicted octanol–water partition coefficient (Wildman–Crippen LogP) is -2.08. The van der Waals surface area contributed by atoms with Gasteiger partial charge in [0.2, 0.25) is 0 Å². The Morgan fingerprint density at radius 3 is 2.46 bits per heavy atom. The maximum Gasteiger partial charge on any atom is 0.355 e. The zero-order chi connectivity index (χ0) is 27.0. The number of esters is 1. The molecule has 0 aromatic carbocycles. The number of hydrogen-bond acceptors (Lipinski definition) is 11. The Morgan fingerprint density at radius 2 is 1.89 bits per heavy atom. The van der Waals surface area contributed by atoms with E-state index in [2.05, 4.69) is 4.98 Å². The van der Waals surface area contributed by atoms with E-state index >= 15 is 0 Å². The highest BCUT2D eigenvalue weighted by molar-refractivity contribution is 5.87. The topological polar surface area (TPSA) is 205 Å². The molecular formula is C25H33NO11. The molecule has 0 unspecified atom stereocenters. The van der Waals surface area contributed by atoms with E-state index in [1.165, 1.54) is 19.2 Å². The van der Waals surface area contributed by atoms with E-state index in [0.717, 1.165) is 0 Å². The van der Waals surface area contributed by atoms with E-state index in [9.17, 15) is 40.5 Å². The van der Waals surface area contributed by atoms with Gasteiger partial charge in [-0.05, 0) is 31.9 Å². The molecular weight excluding hydrogens is 490 g/mol. The third kappa shape index (κ3) is 1.73. The van der Waals surface area contributed by atoms with Gasteiger partial charge in [0.25, 0.3) is 0 Å². The van der Waals surface area contributed by atoms with E-state index in [1.54, 1.807) is 26.8 Å². The number of aromatic amines is 1. The average molecular weight is 524 g/mol. The van der Waals surface area contributed by atoms with Crippen LogP contribution in [-0.4, -0.2) is 111 Å². The Hall–Kier alpha value is -1.61. The molecule has 7 aliphatic rings. The highest BCUT2D eigenvalue weighted by Crippen LogP contribution is 2.91. The SMILES string of the molecule is CC(C)[C@@]1(O)[C@@H](OC(=O)c2ccc[nH]2)[C@]2(O)[C@@]3(CO)C[C@]4(O)O[C@@]5([C@@H](O)[C@]6(C)O[C@@H]6C[C@]35O)[C@@]2(O)[C@]14C. The first-order chi connectivity index (χ1) is 17.0. The maximum absolute atomic E-state index is 13.2. The van der Waals surface area contributed by atoms with Gasteiger partial charge in [-0.25, -0.2) is 4.79 Å². The summed E-state index contributed by atoms with van der Waals surface area (Å²) in [5, 5.41) is 85.5. The Labute approximate surface area is 211 Å². The number of ether oxygens (including phenoxy) is 3. The van der Waals surface area contributed by atoms with Crippen LogP contribution in [0.15, 0.2) is 18.3 Å². The van der Waals surface area contributed by atoms with Crippen molar-refractivity contribution in [1.29, 1.82) is 0 Å². The Kier molecular flexibility index (Phi) is 3.92. The summed E-state index contributed by atoms with van der Waals surface area (Å²) in [5.41, 5.74) is -18.6. The van der Waals surface area contributed by atoms with Crippen molar-refractivity contribution in [2.75, 3.05) is 6.61 Å². The molecule has 3 aliphatic heterocycles. The summed E-state index contributed by atoms with van der Waals surface area (Å²) in [5.74, 6) is -4.30. The largest absolute Gasteiger partial charge is 0.451 e. The molecule has 8 N–H and O–H groups in total. The maximum atomic E-state index is 13.2. The van der Waals surface area contributed by atoms with Crippen LogP contribution in [-0.2, 0) is 14.2 Å². The number of rotatable bonds is 4. The molecule has 4 aliphatic carbocycles. The number of aliphatic hydroxyl groups excluding tert-OH is 2. The monoisotopic (exact) mass is 523 g/mol. The van der Waals surface area contributed by atoms with Crippen molar-refractivity contribution in [1.82, 2.24) is 4.98 Å². The lowest BCUT2D eigenvalue weighted by Crippen LogP contribution is -2.77. The number of carbonyl (C=O) groups excluding carboxylic acids is 1. The molecule has 0 amide bonds. The number of epoxide rings is 1. The molecule has 7 fully saturated rings. The van der Waals surface area contributed by atoms with Crippen LogP contribution in [0.4, 0.5) is 0 Å². The highest BCUT2D eigenvalue weighted by atomic mass is 16.7. The van der Waals surface area contributed by atoms with Crippen LogP contribution >= 0.6 is 0 Å². The second-order valence-corrected chi connectivity index (χ2v) is 12.7. The number of aliphatic hydroxyl groups is 7. The summed E-state index contributed by atoms with van der Waals surface area (Å²) in [6.07, 6.45) is -3.84. The molecule has 6 bridgehead atoms. The van der Waals surface area contributed by atoms with Gasteiger partial charge in [0, 0.05) is 19.0 Å². The number of H-pyrrole nitrogens is 1. The zero-order valence-corrected chi connectivity index (χ0v) is 20.9. The first-order valence-electron chi connectivity index (χ1n) is 12.6. The van der Waals surface area contributed by atoms with Crippen LogP contribution in [0.25, 0.3) is 0 Å². The first-order valence-corrected chi connectivity index (χ1v) is 12.6. The van der Waals surface area contributed by atoms with Gasteiger partial charge in [0.15, 0.2) is 17.5 Å². The van der Waals surface area contributed by atoms with Crippen molar-refractivity contribution in [3.63, 3.8) is 0 Å². The zero-order valence-electron chi connectivity index (χ0n) is 20.9. The Bertz CT molecular complexity index is 1240. The van der Waals surface area contributed by atoms with Crippen molar-refractivity contribution in [3.8, 4) is 0 Å².